The van der Waals surface area contributed by atoms with Crippen molar-refractivity contribution in [3.05, 3.63) is 34.3 Å². The van der Waals surface area contributed by atoms with E-state index in [1.807, 2.05) is 6.92 Å². The molecule has 0 bridgehead atoms. The number of rotatable bonds is 6. The van der Waals surface area contributed by atoms with Crippen LogP contribution in [0.4, 0.5) is 0 Å². The molecule has 0 saturated heterocycles. The average molecular weight is 309 g/mol. The van der Waals surface area contributed by atoms with Crippen LogP contribution >= 0.6 is 15.9 Å². The first-order valence-corrected chi connectivity index (χ1v) is 6.98. The second kappa shape index (κ2) is 7.58. The molecule has 1 atom stereocenters. The molecule has 0 amide bonds. The highest BCUT2D eigenvalue weighted by atomic mass is 79.9. The van der Waals surface area contributed by atoms with E-state index in [1.54, 1.807) is 0 Å². The molecular formula is C15H21BrN2. The Hall–Kier alpha value is -0.820. The summed E-state index contributed by atoms with van der Waals surface area (Å²) in [6, 6.07) is 8.39. The molecule has 0 aliphatic heterocycles. The summed E-state index contributed by atoms with van der Waals surface area (Å²) in [5.41, 5.74) is 7.12. The molecule has 0 aliphatic carbocycles. The van der Waals surface area contributed by atoms with Gasteiger partial charge in [-0.15, -0.1) is 11.8 Å². The van der Waals surface area contributed by atoms with Crippen molar-refractivity contribution >= 4 is 15.9 Å². The Bertz CT molecular complexity index is 416. The van der Waals surface area contributed by atoms with Crippen LogP contribution in [0, 0.1) is 11.8 Å². The van der Waals surface area contributed by atoms with Gasteiger partial charge in [-0.25, -0.2) is 0 Å². The fourth-order valence-electron chi connectivity index (χ4n) is 1.81. The average Bonchev–Trinajstić information content (AvgIpc) is 2.38. The largest absolute Gasteiger partial charge is 0.329 e. The van der Waals surface area contributed by atoms with E-state index in [0.717, 1.165) is 23.9 Å². The van der Waals surface area contributed by atoms with E-state index in [0.29, 0.717) is 6.54 Å². The fourth-order valence-corrected chi connectivity index (χ4v) is 2.08. The van der Waals surface area contributed by atoms with Crippen molar-refractivity contribution in [2.75, 3.05) is 13.1 Å². The quantitative estimate of drug-likeness (QED) is 0.626. The number of halogens is 1. The first-order chi connectivity index (χ1) is 8.59. The van der Waals surface area contributed by atoms with E-state index < -0.39 is 0 Å². The molecule has 0 aliphatic rings. The molecule has 18 heavy (non-hydrogen) atoms. The van der Waals surface area contributed by atoms with Gasteiger partial charge in [0, 0.05) is 29.5 Å². The molecule has 0 radical (unpaired) electrons. The van der Waals surface area contributed by atoms with Crippen LogP contribution in [-0.2, 0) is 6.42 Å². The van der Waals surface area contributed by atoms with E-state index in [-0.39, 0.29) is 5.54 Å². The highest BCUT2D eigenvalue weighted by Gasteiger charge is 2.21. The topological polar surface area (TPSA) is 38.0 Å². The molecule has 1 aromatic carbocycles. The summed E-state index contributed by atoms with van der Waals surface area (Å²) in [5.74, 6) is 5.96. The zero-order valence-electron chi connectivity index (χ0n) is 11.1. The van der Waals surface area contributed by atoms with Gasteiger partial charge in [0.2, 0.25) is 0 Å². The third kappa shape index (κ3) is 5.22. The summed E-state index contributed by atoms with van der Waals surface area (Å²) >= 11 is 3.45. The van der Waals surface area contributed by atoms with E-state index in [2.05, 4.69) is 64.3 Å². The van der Waals surface area contributed by atoms with Gasteiger partial charge >= 0.3 is 0 Å². The number of nitrogens with two attached hydrogens (primary N) is 1. The lowest BCUT2D eigenvalue weighted by molar-refractivity contribution is 0.366. The van der Waals surface area contributed by atoms with Gasteiger partial charge in [-0.3, -0.25) is 0 Å². The molecule has 98 valence electrons. The Kier molecular flexibility index (Phi) is 6.42. The minimum atomic E-state index is -0.0662. The van der Waals surface area contributed by atoms with Gasteiger partial charge in [-0.2, -0.15) is 0 Å². The molecule has 1 unspecified atom stereocenters. The lowest BCUT2D eigenvalue weighted by atomic mass is 9.93. The predicted molar refractivity (Wildman–Crippen MR) is 81.4 cm³/mol. The molecule has 0 fully saturated rings. The van der Waals surface area contributed by atoms with Gasteiger partial charge < -0.3 is 11.1 Å². The number of hydrogen-bond donors (Lipinski definition) is 2. The van der Waals surface area contributed by atoms with Crippen LogP contribution in [0.15, 0.2) is 28.7 Å². The van der Waals surface area contributed by atoms with E-state index in [1.165, 1.54) is 5.56 Å². The molecule has 1 rings (SSSR count). The number of hydrogen-bond acceptors (Lipinski definition) is 2. The normalized spacial score (nSPS) is 13.6. The second-order valence-electron chi connectivity index (χ2n) is 4.67. The summed E-state index contributed by atoms with van der Waals surface area (Å²) in [5, 5.41) is 3.50. The second-order valence-corrected chi connectivity index (χ2v) is 5.59. The third-order valence-electron chi connectivity index (χ3n) is 2.94. The van der Waals surface area contributed by atoms with Gasteiger partial charge in [-0.05, 0) is 38.0 Å². The van der Waals surface area contributed by atoms with Gasteiger partial charge in [0.05, 0.1) is 0 Å². The SMILES string of the molecule is CC#CCCNC(C)(CN)Cc1ccc(Br)cc1. The Morgan fingerprint density at radius 2 is 2.00 bits per heavy atom. The van der Waals surface area contributed by atoms with Crippen molar-refractivity contribution in [2.45, 2.75) is 32.2 Å². The standard InChI is InChI=1S/C15H21BrN2/c1-3-4-5-10-18-15(2,12-17)11-13-6-8-14(16)9-7-13/h6-9,18H,5,10-12,17H2,1-2H3. The Morgan fingerprint density at radius 1 is 1.33 bits per heavy atom. The maximum Gasteiger partial charge on any atom is 0.0316 e. The fraction of sp³-hybridized carbons (Fsp3) is 0.467. The molecule has 1 aromatic rings. The monoisotopic (exact) mass is 308 g/mol. The molecule has 0 heterocycles. The number of benzene rings is 1. The van der Waals surface area contributed by atoms with Gasteiger partial charge in [-0.1, -0.05) is 28.1 Å². The summed E-state index contributed by atoms with van der Waals surface area (Å²) in [6.07, 6.45) is 1.79. The summed E-state index contributed by atoms with van der Waals surface area (Å²) in [4.78, 5) is 0. The molecule has 0 saturated carbocycles. The Morgan fingerprint density at radius 3 is 2.56 bits per heavy atom. The van der Waals surface area contributed by atoms with Crippen LogP contribution in [0.5, 0.6) is 0 Å². The maximum atomic E-state index is 5.89. The molecule has 2 nitrogen and oxygen atoms in total. The highest BCUT2D eigenvalue weighted by Crippen LogP contribution is 2.16. The lowest BCUT2D eigenvalue weighted by Crippen LogP contribution is -2.50. The summed E-state index contributed by atoms with van der Waals surface area (Å²) in [6.45, 7) is 5.52. The zero-order valence-corrected chi connectivity index (χ0v) is 12.7. The van der Waals surface area contributed by atoms with E-state index in [4.69, 9.17) is 5.73 Å². The van der Waals surface area contributed by atoms with Crippen LogP contribution in [0.1, 0.15) is 25.8 Å². The Labute approximate surface area is 118 Å². The first kappa shape index (κ1) is 15.2. The predicted octanol–water partition coefficient (Wildman–Crippen LogP) is 2.71. The van der Waals surface area contributed by atoms with E-state index >= 15 is 0 Å². The first-order valence-electron chi connectivity index (χ1n) is 6.19. The summed E-state index contributed by atoms with van der Waals surface area (Å²) < 4.78 is 1.10. The van der Waals surface area contributed by atoms with Crippen molar-refractivity contribution < 1.29 is 0 Å². The van der Waals surface area contributed by atoms with Crippen LogP contribution in [0.3, 0.4) is 0 Å². The van der Waals surface area contributed by atoms with Gasteiger partial charge in [0.25, 0.3) is 0 Å². The molecule has 3 N–H and O–H groups in total. The van der Waals surface area contributed by atoms with Gasteiger partial charge in [0.15, 0.2) is 0 Å². The highest BCUT2D eigenvalue weighted by molar-refractivity contribution is 9.10. The van der Waals surface area contributed by atoms with Crippen LogP contribution in [-0.4, -0.2) is 18.6 Å². The van der Waals surface area contributed by atoms with Crippen molar-refractivity contribution in [1.82, 2.24) is 5.32 Å². The van der Waals surface area contributed by atoms with Crippen molar-refractivity contribution in [3.8, 4) is 11.8 Å². The third-order valence-corrected chi connectivity index (χ3v) is 3.47. The van der Waals surface area contributed by atoms with E-state index in [9.17, 15) is 0 Å². The molecule has 0 aromatic heterocycles. The van der Waals surface area contributed by atoms with Crippen molar-refractivity contribution in [2.24, 2.45) is 5.73 Å². The van der Waals surface area contributed by atoms with Crippen LogP contribution in [0.2, 0.25) is 0 Å². The molecular weight excluding hydrogens is 288 g/mol. The molecule has 0 spiro atoms. The zero-order chi connectivity index (χ0) is 13.4. The smallest absolute Gasteiger partial charge is 0.0316 e. The summed E-state index contributed by atoms with van der Waals surface area (Å²) in [7, 11) is 0. The van der Waals surface area contributed by atoms with Gasteiger partial charge in [0.1, 0.15) is 0 Å². The number of nitrogens with one attached hydrogen (secondary N) is 1. The van der Waals surface area contributed by atoms with Crippen LogP contribution < -0.4 is 11.1 Å². The minimum Gasteiger partial charge on any atom is -0.329 e. The minimum absolute atomic E-state index is 0.0662. The molecule has 3 heteroatoms. The van der Waals surface area contributed by atoms with Crippen LogP contribution in [0.25, 0.3) is 0 Å². The van der Waals surface area contributed by atoms with Crippen molar-refractivity contribution in [3.63, 3.8) is 0 Å². The Balaban J connectivity index is 2.57. The lowest BCUT2D eigenvalue weighted by Gasteiger charge is -2.29. The maximum absolute atomic E-state index is 5.89. The van der Waals surface area contributed by atoms with Crippen molar-refractivity contribution in [1.29, 1.82) is 0 Å².